The Kier molecular flexibility index (Phi) is 2.73. The minimum absolute atomic E-state index is 0.497. The standard InChI is InChI=1S/C9H11ClN4O/c1-14-6(3-4-10)13-7-8(14)11-5-12-9(7)15-2/h5H,3-4H2,1-2H3. The van der Waals surface area contributed by atoms with E-state index in [1.807, 2.05) is 11.6 Å². The molecule has 0 radical (unpaired) electrons. The molecule has 0 N–H and O–H groups in total. The summed E-state index contributed by atoms with van der Waals surface area (Å²) in [6.07, 6.45) is 2.17. The van der Waals surface area contributed by atoms with Crippen molar-refractivity contribution < 1.29 is 4.74 Å². The molecule has 0 saturated heterocycles. The Labute approximate surface area is 92.1 Å². The fraction of sp³-hybridized carbons (Fsp3) is 0.444. The monoisotopic (exact) mass is 226 g/mol. The topological polar surface area (TPSA) is 52.8 Å². The van der Waals surface area contributed by atoms with Crippen molar-refractivity contribution in [2.45, 2.75) is 6.42 Å². The molecular formula is C9H11ClN4O. The first-order valence-electron chi connectivity index (χ1n) is 4.54. The van der Waals surface area contributed by atoms with E-state index in [2.05, 4.69) is 15.0 Å². The smallest absolute Gasteiger partial charge is 0.245 e. The number of fused-ring (bicyclic) bond motifs is 1. The van der Waals surface area contributed by atoms with Gasteiger partial charge in [-0.05, 0) is 0 Å². The number of alkyl halides is 1. The van der Waals surface area contributed by atoms with E-state index in [0.29, 0.717) is 23.7 Å². The Hall–Kier alpha value is -1.36. The Bertz CT molecular complexity index is 482. The number of ether oxygens (including phenoxy) is 1. The van der Waals surface area contributed by atoms with Crippen molar-refractivity contribution >= 4 is 22.8 Å². The van der Waals surface area contributed by atoms with Crippen LogP contribution >= 0.6 is 11.6 Å². The third kappa shape index (κ3) is 1.63. The number of hydrogen-bond donors (Lipinski definition) is 0. The summed E-state index contributed by atoms with van der Waals surface area (Å²) in [6, 6.07) is 0. The van der Waals surface area contributed by atoms with E-state index in [-0.39, 0.29) is 0 Å². The summed E-state index contributed by atoms with van der Waals surface area (Å²) >= 11 is 5.69. The van der Waals surface area contributed by atoms with Crippen molar-refractivity contribution in [3.05, 3.63) is 12.2 Å². The number of imidazole rings is 1. The predicted molar refractivity (Wildman–Crippen MR) is 57.3 cm³/mol. The van der Waals surface area contributed by atoms with Gasteiger partial charge in [0.05, 0.1) is 7.11 Å². The summed E-state index contributed by atoms with van der Waals surface area (Å²) < 4.78 is 7.02. The highest BCUT2D eigenvalue weighted by Gasteiger charge is 2.12. The van der Waals surface area contributed by atoms with Gasteiger partial charge in [0.2, 0.25) is 5.88 Å². The van der Waals surface area contributed by atoms with Gasteiger partial charge in [-0.1, -0.05) is 0 Å². The van der Waals surface area contributed by atoms with Crippen molar-refractivity contribution in [1.82, 2.24) is 19.5 Å². The van der Waals surface area contributed by atoms with Gasteiger partial charge >= 0.3 is 0 Å². The summed E-state index contributed by atoms with van der Waals surface area (Å²) in [6.45, 7) is 0. The predicted octanol–water partition coefficient (Wildman–Crippen LogP) is 1.15. The van der Waals surface area contributed by atoms with E-state index < -0.39 is 0 Å². The summed E-state index contributed by atoms with van der Waals surface area (Å²) in [4.78, 5) is 12.6. The number of hydrogen-bond acceptors (Lipinski definition) is 4. The molecule has 0 amide bonds. The van der Waals surface area contributed by atoms with Gasteiger partial charge in [-0.2, -0.15) is 4.98 Å². The number of methoxy groups -OCH3 is 1. The minimum Gasteiger partial charge on any atom is -0.479 e. The summed E-state index contributed by atoms with van der Waals surface area (Å²) in [5, 5.41) is 0. The van der Waals surface area contributed by atoms with E-state index in [0.717, 1.165) is 11.5 Å². The van der Waals surface area contributed by atoms with E-state index in [1.54, 1.807) is 7.11 Å². The van der Waals surface area contributed by atoms with E-state index in [4.69, 9.17) is 16.3 Å². The van der Waals surface area contributed by atoms with Crippen molar-refractivity contribution in [3.63, 3.8) is 0 Å². The highest BCUT2D eigenvalue weighted by molar-refractivity contribution is 6.17. The average Bonchev–Trinajstić information content (AvgIpc) is 2.57. The van der Waals surface area contributed by atoms with Crippen LogP contribution in [0.5, 0.6) is 5.88 Å². The van der Waals surface area contributed by atoms with Crippen molar-refractivity contribution in [3.8, 4) is 5.88 Å². The van der Waals surface area contributed by atoms with Gasteiger partial charge in [-0.15, -0.1) is 11.6 Å². The molecule has 0 aliphatic rings. The Balaban J connectivity index is 2.64. The van der Waals surface area contributed by atoms with Crippen molar-refractivity contribution in [2.24, 2.45) is 7.05 Å². The van der Waals surface area contributed by atoms with E-state index in [9.17, 15) is 0 Å². The van der Waals surface area contributed by atoms with E-state index in [1.165, 1.54) is 6.33 Å². The van der Waals surface area contributed by atoms with Gasteiger partial charge in [0.1, 0.15) is 12.2 Å². The van der Waals surface area contributed by atoms with Crippen molar-refractivity contribution in [2.75, 3.05) is 13.0 Å². The zero-order chi connectivity index (χ0) is 10.8. The van der Waals surface area contributed by atoms with Crippen LogP contribution in [0.3, 0.4) is 0 Å². The van der Waals surface area contributed by atoms with Gasteiger partial charge in [0.15, 0.2) is 11.2 Å². The molecule has 5 nitrogen and oxygen atoms in total. The molecule has 2 aromatic rings. The lowest BCUT2D eigenvalue weighted by Gasteiger charge is -1.98. The quantitative estimate of drug-likeness (QED) is 0.737. The summed E-state index contributed by atoms with van der Waals surface area (Å²) in [7, 11) is 3.47. The third-order valence-corrected chi connectivity index (χ3v) is 2.42. The molecule has 0 aliphatic heterocycles. The van der Waals surface area contributed by atoms with Gasteiger partial charge in [0.25, 0.3) is 0 Å². The second-order valence-electron chi connectivity index (χ2n) is 3.08. The van der Waals surface area contributed by atoms with Crippen LogP contribution < -0.4 is 4.74 Å². The molecule has 0 saturated carbocycles. The summed E-state index contributed by atoms with van der Waals surface area (Å²) in [5.74, 6) is 1.92. The number of rotatable bonds is 3. The molecule has 0 bridgehead atoms. The van der Waals surface area contributed by atoms with Gasteiger partial charge in [0, 0.05) is 19.3 Å². The van der Waals surface area contributed by atoms with Crippen LogP contribution in [0.25, 0.3) is 11.2 Å². The Morgan fingerprint density at radius 3 is 2.93 bits per heavy atom. The van der Waals surface area contributed by atoms with Crippen molar-refractivity contribution in [1.29, 1.82) is 0 Å². The molecule has 2 aromatic heterocycles. The number of halogens is 1. The molecule has 15 heavy (non-hydrogen) atoms. The van der Waals surface area contributed by atoms with Crippen LogP contribution in [0, 0.1) is 0 Å². The number of aryl methyl sites for hydroxylation is 2. The molecule has 80 valence electrons. The maximum absolute atomic E-state index is 5.69. The van der Waals surface area contributed by atoms with Crippen LogP contribution in [0.1, 0.15) is 5.82 Å². The third-order valence-electron chi connectivity index (χ3n) is 2.23. The van der Waals surface area contributed by atoms with Gasteiger partial charge in [-0.3, -0.25) is 0 Å². The first kappa shape index (κ1) is 10.2. The van der Waals surface area contributed by atoms with Crippen LogP contribution in [-0.4, -0.2) is 32.5 Å². The first-order chi connectivity index (χ1) is 7.27. The molecule has 0 spiro atoms. The lowest BCUT2D eigenvalue weighted by Crippen LogP contribution is -1.99. The normalized spacial score (nSPS) is 10.9. The van der Waals surface area contributed by atoms with Gasteiger partial charge < -0.3 is 9.30 Å². The Morgan fingerprint density at radius 2 is 2.27 bits per heavy atom. The summed E-state index contributed by atoms with van der Waals surface area (Å²) in [5.41, 5.74) is 1.45. The highest BCUT2D eigenvalue weighted by Crippen LogP contribution is 2.20. The van der Waals surface area contributed by atoms with Crippen LogP contribution in [0.2, 0.25) is 0 Å². The fourth-order valence-electron chi connectivity index (χ4n) is 1.48. The second-order valence-corrected chi connectivity index (χ2v) is 3.46. The largest absolute Gasteiger partial charge is 0.479 e. The lowest BCUT2D eigenvalue weighted by molar-refractivity contribution is 0.401. The maximum atomic E-state index is 5.69. The molecule has 6 heteroatoms. The molecule has 0 aliphatic carbocycles. The zero-order valence-corrected chi connectivity index (χ0v) is 9.32. The fourth-order valence-corrected chi connectivity index (χ4v) is 1.65. The van der Waals surface area contributed by atoms with Gasteiger partial charge in [-0.25, -0.2) is 9.97 Å². The first-order valence-corrected chi connectivity index (χ1v) is 5.07. The SMILES string of the molecule is COc1ncnc2c1nc(CCCl)n2C. The second kappa shape index (κ2) is 4.02. The molecule has 0 unspecified atom stereocenters. The van der Waals surface area contributed by atoms with Crippen LogP contribution in [-0.2, 0) is 13.5 Å². The highest BCUT2D eigenvalue weighted by atomic mass is 35.5. The lowest BCUT2D eigenvalue weighted by atomic mass is 10.4. The molecule has 0 fully saturated rings. The number of nitrogens with zero attached hydrogens (tertiary/aromatic N) is 4. The molecule has 2 heterocycles. The van der Waals surface area contributed by atoms with E-state index >= 15 is 0 Å². The van der Waals surface area contributed by atoms with Crippen LogP contribution in [0.15, 0.2) is 6.33 Å². The average molecular weight is 227 g/mol. The maximum Gasteiger partial charge on any atom is 0.245 e. The Morgan fingerprint density at radius 1 is 1.47 bits per heavy atom. The molecule has 2 rings (SSSR count). The zero-order valence-electron chi connectivity index (χ0n) is 8.57. The molecule has 0 aromatic carbocycles. The molecule has 0 atom stereocenters. The number of aromatic nitrogens is 4. The van der Waals surface area contributed by atoms with Crippen LogP contribution in [0.4, 0.5) is 0 Å². The minimum atomic E-state index is 0.497. The molecular weight excluding hydrogens is 216 g/mol.